The molecule has 130 valence electrons. The zero-order valence-electron chi connectivity index (χ0n) is 14.1. The second-order valence-electron chi connectivity index (χ2n) is 5.38. The third-order valence-electron chi connectivity index (χ3n) is 3.50. The van der Waals surface area contributed by atoms with Crippen LogP contribution >= 0.6 is 11.6 Å². The molecular formula is C19H23ClFNO2. The third-order valence-corrected chi connectivity index (χ3v) is 3.85. The van der Waals surface area contributed by atoms with E-state index in [0.29, 0.717) is 28.7 Å². The largest absolute Gasteiger partial charge is 0.490 e. The van der Waals surface area contributed by atoms with Crippen molar-refractivity contribution in [1.82, 2.24) is 5.32 Å². The van der Waals surface area contributed by atoms with Gasteiger partial charge in [-0.3, -0.25) is 0 Å². The van der Waals surface area contributed by atoms with Gasteiger partial charge in [0.05, 0.1) is 11.6 Å². The Morgan fingerprint density at radius 2 is 1.92 bits per heavy atom. The average Bonchev–Trinajstić information content (AvgIpc) is 2.56. The topological polar surface area (TPSA) is 30.5 Å². The van der Waals surface area contributed by atoms with Gasteiger partial charge in [0.1, 0.15) is 12.4 Å². The van der Waals surface area contributed by atoms with Crippen molar-refractivity contribution in [1.29, 1.82) is 0 Å². The Morgan fingerprint density at radius 1 is 1.08 bits per heavy atom. The summed E-state index contributed by atoms with van der Waals surface area (Å²) in [7, 11) is 0. The Hall–Kier alpha value is -1.78. The highest BCUT2D eigenvalue weighted by Crippen LogP contribution is 2.30. The van der Waals surface area contributed by atoms with Gasteiger partial charge >= 0.3 is 0 Å². The highest BCUT2D eigenvalue weighted by Gasteiger charge is 2.11. The first-order chi connectivity index (χ1) is 11.7. The standard InChI is InChI=1S/C19H23ClFNO2/c1-3-10-22-12-14-8-9-18(19(11-14)23-4-2)24-13-15-16(20)6-5-7-17(15)21/h5-9,11,22H,3-4,10,12-13H2,1-2H3. The Bertz CT molecular complexity index is 644. The second kappa shape index (κ2) is 9.50. The summed E-state index contributed by atoms with van der Waals surface area (Å²) in [5.74, 6) is 0.858. The van der Waals surface area contributed by atoms with Gasteiger partial charge < -0.3 is 14.8 Å². The molecule has 0 spiro atoms. The van der Waals surface area contributed by atoms with E-state index in [9.17, 15) is 4.39 Å². The normalized spacial score (nSPS) is 10.7. The van der Waals surface area contributed by atoms with Crippen LogP contribution in [0.5, 0.6) is 11.5 Å². The van der Waals surface area contributed by atoms with Crippen LogP contribution in [0.25, 0.3) is 0 Å². The Morgan fingerprint density at radius 3 is 2.62 bits per heavy atom. The Labute approximate surface area is 147 Å². The molecule has 5 heteroatoms. The van der Waals surface area contributed by atoms with Gasteiger partial charge in [-0.05, 0) is 49.7 Å². The summed E-state index contributed by atoms with van der Waals surface area (Å²) in [5.41, 5.74) is 1.46. The van der Waals surface area contributed by atoms with Gasteiger partial charge in [0.2, 0.25) is 0 Å². The van der Waals surface area contributed by atoms with Crippen molar-refractivity contribution in [2.45, 2.75) is 33.4 Å². The molecule has 0 aliphatic carbocycles. The molecule has 0 atom stereocenters. The molecule has 24 heavy (non-hydrogen) atoms. The molecule has 0 unspecified atom stereocenters. The Balaban J connectivity index is 2.11. The van der Waals surface area contributed by atoms with Crippen LogP contribution in [0.4, 0.5) is 4.39 Å². The Kier molecular flexibility index (Phi) is 7.35. The van der Waals surface area contributed by atoms with Gasteiger partial charge in [0, 0.05) is 12.1 Å². The van der Waals surface area contributed by atoms with Gasteiger partial charge in [-0.15, -0.1) is 0 Å². The van der Waals surface area contributed by atoms with Crippen LogP contribution in [0.1, 0.15) is 31.4 Å². The fourth-order valence-corrected chi connectivity index (χ4v) is 2.50. The average molecular weight is 352 g/mol. The molecular weight excluding hydrogens is 329 g/mol. The molecule has 0 bridgehead atoms. The summed E-state index contributed by atoms with van der Waals surface area (Å²) in [6, 6.07) is 10.4. The zero-order valence-corrected chi connectivity index (χ0v) is 14.8. The summed E-state index contributed by atoms with van der Waals surface area (Å²) >= 11 is 6.03. The first-order valence-electron chi connectivity index (χ1n) is 8.17. The maximum absolute atomic E-state index is 13.8. The van der Waals surface area contributed by atoms with E-state index in [1.165, 1.54) is 6.07 Å². The van der Waals surface area contributed by atoms with Crippen LogP contribution < -0.4 is 14.8 Å². The molecule has 3 nitrogen and oxygen atoms in total. The van der Waals surface area contributed by atoms with Gasteiger partial charge in [0.25, 0.3) is 0 Å². The number of nitrogens with one attached hydrogen (secondary N) is 1. The van der Waals surface area contributed by atoms with Crippen LogP contribution in [0, 0.1) is 5.82 Å². The van der Waals surface area contributed by atoms with E-state index >= 15 is 0 Å². The van der Waals surface area contributed by atoms with Crippen molar-refractivity contribution in [2.75, 3.05) is 13.2 Å². The van der Waals surface area contributed by atoms with Gasteiger partial charge in [-0.2, -0.15) is 0 Å². The molecule has 0 aliphatic rings. The lowest BCUT2D eigenvalue weighted by atomic mass is 10.2. The number of ether oxygens (including phenoxy) is 2. The van der Waals surface area contributed by atoms with E-state index in [0.717, 1.165) is 25.1 Å². The predicted octanol–water partition coefficient (Wildman–Crippen LogP) is 4.96. The van der Waals surface area contributed by atoms with Crippen molar-refractivity contribution in [3.05, 3.63) is 58.4 Å². The number of benzene rings is 2. The maximum Gasteiger partial charge on any atom is 0.161 e. The SMILES string of the molecule is CCCNCc1ccc(OCc2c(F)cccc2Cl)c(OCC)c1. The molecule has 0 saturated carbocycles. The van der Waals surface area contributed by atoms with E-state index in [1.54, 1.807) is 12.1 Å². The number of hydrogen-bond donors (Lipinski definition) is 1. The molecule has 0 saturated heterocycles. The minimum absolute atomic E-state index is 0.0546. The summed E-state index contributed by atoms with van der Waals surface area (Å²) in [6.45, 7) is 6.37. The summed E-state index contributed by atoms with van der Waals surface area (Å²) in [4.78, 5) is 0. The van der Waals surface area contributed by atoms with Crippen molar-refractivity contribution >= 4 is 11.6 Å². The highest BCUT2D eigenvalue weighted by molar-refractivity contribution is 6.31. The van der Waals surface area contributed by atoms with Crippen molar-refractivity contribution < 1.29 is 13.9 Å². The summed E-state index contributed by atoms with van der Waals surface area (Å²) < 4.78 is 25.2. The first kappa shape index (κ1) is 18.6. The van der Waals surface area contributed by atoms with Gasteiger partial charge in [0.15, 0.2) is 11.5 Å². The molecule has 0 radical (unpaired) electrons. The number of halogens is 2. The van der Waals surface area contributed by atoms with Gasteiger partial charge in [-0.25, -0.2) is 4.39 Å². The van der Waals surface area contributed by atoms with E-state index in [4.69, 9.17) is 21.1 Å². The van der Waals surface area contributed by atoms with E-state index in [1.807, 2.05) is 25.1 Å². The monoisotopic (exact) mass is 351 g/mol. The van der Waals surface area contributed by atoms with E-state index in [-0.39, 0.29) is 12.4 Å². The van der Waals surface area contributed by atoms with E-state index in [2.05, 4.69) is 12.2 Å². The molecule has 0 fully saturated rings. The molecule has 2 aromatic carbocycles. The molecule has 0 amide bonds. The number of hydrogen-bond acceptors (Lipinski definition) is 3. The predicted molar refractivity (Wildman–Crippen MR) is 95.4 cm³/mol. The summed E-state index contributed by atoms with van der Waals surface area (Å²) in [6.07, 6.45) is 1.09. The molecule has 0 aromatic heterocycles. The van der Waals surface area contributed by atoms with Crippen LogP contribution in [0.2, 0.25) is 5.02 Å². The van der Waals surface area contributed by atoms with Crippen molar-refractivity contribution in [3.8, 4) is 11.5 Å². The lowest BCUT2D eigenvalue weighted by Crippen LogP contribution is -2.13. The lowest BCUT2D eigenvalue weighted by Gasteiger charge is -2.14. The minimum atomic E-state index is -0.374. The van der Waals surface area contributed by atoms with Crippen molar-refractivity contribution in [2.24, 2.45) is 0 Å². The van der Waals surface area contributed by atoms with Crippen LogP contribution in [0.15, 0.2) is 36.4 Å². The number of rotatable bonds is 9. The zero-order chi connectivity index (χ0) is 17.4. The molecule has 0 heterocycles. The van der Waals surface area contributed by atoms with Crippen LogP contribution in [-0.2, 0) is 13.2 Å². The smallest absolute Gasteiger partial charge is 0.161 e. The minimum Gasteiger partial charge on any atom is -0.490 e. The van der Waals surface area contributed by atoms with Crippen LogP contribution in [-0.4, -0.2) is 13.2 Å². The third kappa shape index (κ3) is 5.11. The molecule has 2 aromatic rings. The molecule has 0 aliphatic heterocycles. The van der Waals surface area contributed by atoms with Crippen molar-refractivity contribution in [3.63, 3.8) is 0 Å². The fraction of sp³-hybridized carbons (Fsp3) is 0.368. The molecule has 2 rings (SSSR count). The second-order valence-corrected chi connectivity index (χ2v) is 5.79. The quantitative estimate of drug-likeness (QED) is 0.648. The summed E-state index contributed by atoms with van der Waals surface area (Å²) in [5, 5.41) is 3.70. The highest BCUT2D eigenvalue weighted by atomic mass is 35.5. The molecule has 1 N–H and O–H groups in total. The first-order valence-corrected chi connectivity index (χ1v) is 8.55. The lowest BCUT2D eigenvalue weighted by molar-refractivity contribution is 0.265. The fourth-order valence-electron chi connectivity index (χ4n) is 2.28. The maximum atomic E-state index is 13.8. The van der Waals surface area contributed by atoms with E-state index < -0.39 is 0 Å². The van der Waals surface area contributed by atoms with Crippen LogP contribution in [0.3, 0.4) is 0 Å². The van der Waals surface area contributed by atoms with Gasteiger partial charge in [-0.1, -0.05) is 30.7 Å².